The van der Waals surface area contributed by atoms with E-state index in [2.05, 4.69) is 15.4 Å². The number of para-hydroxylation sites is 1. The smallest absolute Gasteiger partial charge is 0.270 e. The van der Waals surface area contributed by atoms with Crippen LogP contribution in [0, 0.1) is 0 Å². The Bertz CT molecular complexity index is 1350. The molecule has 0 saturated heterocycles. The van der Waals surface area contributed by atoms with Gasteiger partial charge in [0.1, 0.15) is 5.69 Å². The van der Waals surface area contributed by atoms with Gasteiger partial charge in [-0.15, -0.1) is 0 Å². The molecule has 1 fully saturated rings. The maximum absolute atomic E-state index is 13.0. The molecule has 1 amide bonds. The lowest BCUT2D eigenvalue weighted by Gasteiger charge is -2.28. The first kappa shape index (κ1) is 22.0. The molecule has 2 atom stereocenters. The van der Waals surface area contributed by atoms with E-state index >= 15 is 0 Å². The molecule has 4 aromatic rings. The van der Waals surface area contributed by atoms with Crippen molar-refractivity contribution in [2.75, 3.05) is 0 Å². The van der Waals surface area contributed by atoms with Gasteiger partial charge < -0.3 is 10.4 Å². The van der Waals surface area contributed by atoms with E-state index in [1.807, 2.05) is 55.7 Å². The number of hydrogen-bond donors (Lipinski definition) is 3. The zero-order chi connectivity index (χ0) is 23.7. The first-order valence-corrected chi connectivity index (χ1v) is 11.6. The van der Waals surface area contributed by atoms with Crippen LogP contribution in [0.15, 0.2) is 61.1 Å². The second-order valence-electron chi connectivity index (χ2n) is 8.96. The Morgan fingerprint density at radius 2 is 2.03 bits per heavy atom. The monoisotopic (exact) mass is 458 g/mol. The number of fused-ring (bicyclic) bond motifs is 1. The zero-order valence-corrected chi connectivity index (χ0v) is 19.1. The van der Waals surface area contributed by atoms with E-state index in [0.29, 0.717) is 24.2 Å². The molecule has 3 heterocycles. The second kappa shape index (κ2) is 9.23. The van der Waals surface area contributed by atoms with Gasteiger partial charge in [-0.1, -0.05) is 31.0 Å². The van der Waals surface area contributed by atoms with Crippen molar-refractivity contribution in [3.8, 4) is 11.3 Å². The SMILES string of the molecule is Cn1cc(-c2ccc(Cc3cc(C(=O)N[C@H]4CCCC[C@@H]4O)nc4ccccc34)c[n+]2O)cn1. The molecule has 34 heavy (non-hydrogen) atoms. The van der Waals surface area contributed by atoms with Crippen LogP contribution in [-0.2, 0) is 13.5 Å². The number of aliphatic hydroxyl groups excluding tert-OH is 1. The summed E-state index contributed by atoms with van der Waals surface area (Å²) in [5, 5.41) is 28.9. The number of carbonyl (C=O) groups is 1. The lowest BCUT2D eigenvalue weighted by Crippen LogP contribution is -2.45. The van der Waals surface area contributed by atoms with Gasteiger partial charge in [0.15, 0.2) is 0 Å². The van der Waals surface area contributed by atoms with Gasteiger partial charge in [0, 0.05) is 41.4 Å². The third kappa shape index (κ3) is 4.49. The third-order valence-corrected chi connectivity index (χ3v) is 6.47. The molecular formula is C26H28N5O3+. The van der Waals surface area contributed by atoms with Crippen LogP contribution >= 0.6 is 0 Å². The van der Waals surface area contributed by atoms with Gasteiger partial charge in [0.25, 0.3) is 11.6 Å². The molecule has 3 aromatic heterocycles. The van der Waals surface area contributed by atoms with Crippen LogP contribution in [0.5, 0.6) is 0 Å². The van der Waals surface area contributed by atoms with E-state index in [4.69, 9.17) is 0 Å². The summed E-state index contributed by atoms with van der Waals surface area (Å²) in [6, 6.07) is 13.1. The van der Waals surface area contributed by atoms with Crippen molar-refractivity contribution in [2.45, 2.75) is 44.2 Å². The summed E-state index contributed by atoms with van der Waals surface area (Å²) < 4.78 is 2.79. The molecule has 1 aliphatic rings. The van der Waals surface area contributed by atoms with Crippen molar-refractivity contribution in [1.82, 2.24) is 20.1 Å². The Kier molecular flexibility index (Phi) is 5.98. The second-order valence-corrected chi connectivity index (χ2v) is 8.96. The number of nitrogens with one attached hydrogen (secondary N) is 1. The highest BCUT2D eigenvalue weighted by Crippen LogP contribution is 2.23. The van der Waals surface area contributed by atoms with Gasteiger partial charge in [-0.3, -0.25) is 14.7 Å². The molecule has 5 rings (SSSR count). The van der Waals surface area contributed by atoms with E-state index in [1.54, 1.807) is 17.1 Å². The minimum atomic E-state index is -0.518. The van der Waals surface area contributed by atoms with Crippen LogP contribution in [0.4, 0.5) is 0 Å². The summed E-state index contributed by atoms with van der Waals surface area (Å²) in [4.78, 5) is 17.6. The lowest BCUT2D eigenvalue weighted by molar-refractivity contribution is -0.896. The van der Waals surface area contributed by atoms with E-state index < -0.39 is 6.10 Å². The number of pyridine rings is 2. The van der Waals surface area contributed by atoms with E-state index in [1.165, 1.54) is 0 Å². The van der Waals surface area contributed by atoms with Gasteiger partial charge in [0.2, 0.25) is 6.20 Å². The fourth-order valence-electron chi connectivity index (χ4n) is 4.67. The number of benzene rings is 1. The highest BCUT2D eigenvalue weighted by atomic mass is 16.5. The van der Waals surface area contributed by atoms with E-state index in [0.717, 1.165) is 51.6 Å². The van der Waals surface area contributed by atoms with Gasteiger partial charge in [-0.05, 0) is 36.6 Å². The maximum Gasteiger partial charge on any atom is 0.270 e. The molecule has 0 bridgehead atoms. The summed E-state index contributed by atoms with van der Waals surface area (Å²) in [6.07, 6.45) is 8.67. The molecule has 8 nitrogen and oxygen atoms in total. The van der Waals surface area contributed by atoms with Crippen LogP contribution in [0.2, 0.25) is 0 Å². The molecule has 0 spiro atoms. The van der Waals surface area contributed by atoms with Crippen molar-refractivity contribution >= 4 is 16.8 Å². The number of carbonyl (C=O) groups excluding carboxylic acids is 1. The summed E-state index contributed by atoms with van der Waals surface area (Å²) in [5.41, 5.74) is 4.35. The van der Waals surface area contributed by atoms with Crippen LogP contribution in [0.25, 0.3) is 22.2 Å². The minimum Gasteiger partial charge on any atom is -0.391 e. The van der Waals surface area contributed by atoms with Crippen molar-refractivity contribution in [3.63, 3.8) is 0 Å². The molecule has 1 aliphatic carbocycles. The Labute approximate surface area is 197 Å². The molecule has 1 saturated carbocycles. The summed E-state index contributed by atoms with van der Waals surface area (Å²) in [7, 11) is 1.83. The Balaban J connectivity index is 1.44. The molecule has 0 unspecified atom stereocenters. The highest BCUT2D eigenvalue weighted by molar-refractivity contribution is 5.96. The number of rotatable bonds is 5. The number of hydrogen-bond acceptors (Lipinski definition) is 5. The van der Waals surface area contributed by atoms with Gasteiger partial charge in [-0.2, -0.15) is 5.10 Å². The predicted octanol–water partition coefficient (Wildman–Crippen LogP) is 2.78. The lowest BCUT2D eigenvalue weighted by atomic mass is 9.92. The first-order valence-electron chi connectivity index (χ1n) is 11.6. The Hall–Kier alpha value is -3.78. The number of aromatic nitrogens is 4. The van der Waals surface area contributed by atoms with Crippen LogP contribution < -0.4 is 10.0 Å². The van der Waals surface area contributed by atoms with Crippen molar-refractivity contribution in [2.24, 2.45) is 7.05 Å². The van der Waals surface area contributed by atoms with Gasteiger partial charge in [-0.25, -0.2) is 4.98 Å². The number of aryl methyl sites for hydroxylation is 1. The van der Waals surface area contributed by atoms with E-state index in [-0.39, 0.29) is 11.9 Å². The third-order valence-electron chi connectivity index (χ3n) is 6.47. The predicted molar refractivity (Wildman–Crippen MR) is 126 cm³/mol. The first-order chi connectivity index (χ1) is 16.5. The fraction of sp³-hybridized carbons (Fsp3) is 0.308. The zero-order valence-electron chi connectivity index (χ0n) is 19.1. The molecule has 8 heteroatoms. The Morgan fingerprint density at radius 1 is 1.21 bits per heavy atom. The minimum absolute atomic E-state index is 0.244. The number of aliphatic hydroxyl groups is 1. The maximum atomic E-state index is 13.0. The van der Waals surface area contributed by atoms with Crippen LogP contribution in [0.3, 0.4) is 0 Å². The molecule has 3 N–H and O–H groups in total. The largest absolute Gasteiger partial charge is 0.391 e. The van der Waals surface area contributed by atoms with Gasteiger partial charge in [0.05, 0.1) is 29.4 Å². The molecule has 174 valence electrons. The number of amides is 1. The Morgan fingerprint density at radius 3 is 2.79 bits per heavy atom. The van der Waals surface area contributed by atoms with Crippen LogP contribution in [-0.4, -0.2) is 43.1 Å². The summed E-state index contributed by atoms with van der Waals surface area (Å²) >= 11 is 0. The van der Waals surface area contributed by atoms with Gasteiger partial charge >= 0.3 is 0 Å². The normalized spacial score (nSPS) is 18.2. The average Bonchev–Trinajstić information content (AvgIpc) is 3.26. The molecular weight excluding hydrogens is 430 g/mol. The topological polar surface area (TPSA) is 104 Å². The summed E-state index contributed by atoms with van der Waals surface area (Å²) in [5.74, 6) is -0.276. The molecule has 1 aromatic carbocycles. The van der Waals surface area contributed by atoms with Crippen LogP contribution in [0.1, 0.15) is 47.3 Å². The fourth-order valence-corrected chi connectivity index (χ4v) is 4.67. The summed E-state index contributed by atoms with van der Waals surface area (Å²) in [6.45, 7) is 0. The van der Waals surface area contributed by atoms with E-state index in [9.17, 15) is 15.1 Å². The van der Waals surface area contributed by atoms with Crippen molar-refractivity contribution in [3.05, 3.63) is 77.9 Å². The van der Waals surface area contributed by atoms with Crippen molar-refractivity contribution < 1.29 is 19.8 Å². The average molecular weight is 459 g/mol. The highest BCUT2D eigenvalue weighted by Gasteiger charge is 2.26. The molecule has 0 aliphatic heterocycles. The molecule has 0 radical (unpaired) electrons. The standard InChI is InChI=1S/C26H27N5O3/c1-30-16-19(14-27-30)24-11-10-17(15-31(24)34)12-18-13-23(28-21-7-3-2-6-20(18)21)26(33)29-22-8-4-5-9-25(22)32/h2-3,6-7,10-11,13-16,22,25,32H,4-5,8-9,12H2,1H3,(H-,29,33,34)/p+1/t22-,25-/m0/s1. The quantitative estimate of drug-likeness (QED) is 0.315. The van der Waals surface area contributed by atoms with Crippen molar-refractivity contribution in [1.29, 1.82) is 0 Å². The number of nitrogens with zero attached hydrogens (tertiary/aromatic N) is 4.